The average Bonchev–Trinajstić information content (AvgIpc) is 2.97. The zero-order valence-corrected chi connectivity index (χ0v) is 15.3. The molecule has 25 heavy (non-hydrogen) atoms. The lowest BCUT2D eigenvalue weighted by Gasteiger charge is -2.21. The highest BCUT2D eigenvalue weighted by atomic mass is 35.5. The Labute approximate surface area is 152 Å². The van der Waals surface area contributed by atoms with Crippen LogP contribution in [0, 0.1) is 0 Å². The van der Waals surface area contributed by atoms with E-state index in [1.807, 2.05) is 68.6 Å². The summed E-state index contributed by atoms with van der Waals surface area (Å²) in [5.74, 6) is 0.716. The first-order chi connectivity index (χ1) is 12.0. The number of hydrogen-bond donors (Lipinski definition) is 0. The molecule has 1 aromatic heterocycles. The molecule has 0 spiro atoms. The van der Waals surface area contributed by atoms with E-state index in [1.54, 1.807) is 16.5 Å². The molecule has 0 atom stereocenters. The molecule has 0 N–H and O–H groups in total. The van der Waals surface area contributed by atoms with Crippen molar-refractivity contribution in [3.05, 3.63) is 65.3 Å². The summed E-state index contributed by atoms with van der Waals surface area (Å²) in [5.41, 5.74) is 3.93. The van der Waals surface area contributed by atoms with Crippen LogP contribution in [-0.2, 0) is 18.3 Å². The van der Waals surface area contributed by atoms with Crippen molar-refractivity contribution in [2.45, 2.75) is 20.3 Å². The maximum Gasteiger partial charge on any atom is 0.229 e. The molecule has 128 valence electrons. The van der Waals surface area contributed by atoms with Crippen molar-refractivity contribution in [3.8, 4) is 11.1 Å². The SMILES string of the molecule is CCc1cc(N(C(C)=O)c2ccc(-c3ccc(Cl)cc3)cc2)n(C)n1. The van der Waals surface area contributed by atoms with Crippen LogP contribution in [0.4, 0.5) is 11.5 Å². The lowest BCUT2D eigenvalue weighted by molar-refractivity contribution is -0.115. The van der Waals surface area contributed by atoms with Gasteiger partial charge >= 0.3 is 0 Å². The van der Waals surface area contributed by atoms with Gasteiger partial charge < -0.3 is 0 Å². The van der Waals surface area contributed by atoms with Crippen molar-refractivity contribution in [1.29, 1.82) is 0 Å². The molecule has 5 heteroatoms. The highest BCUT2D eigenvalue weighted by Gasteiger charge is 2.18. The highest BCUT2D eigenvalue weighted by Crippen LogP contribution is 2.29. The van der Waals surface area contributed by atoms with Gasteiger partial charge in [0.05, 0.1) is 11.4 Å². The summed E-state index contributed by atoms with van der Waals surface area (Å²) in [6.45, 7) is 3.61. The molecule has 0 unspecified atom stereocenters. The molecule has 4 nitrogen and oxygen atoms in total. The number of carbonyl (C=O) groups excluding carboxylic acids is 1. The van der Waals surface area contributed by atoms with E-state index in [4.69, 9.17) is 11.6 Å². The number of amides is 1. The van der Waals surface area contributed by atoms with Crippen molar-refractivity contribution >= 4 is 29.0 Å². The molecule has 2 aromatic carbocycles. The van der Waals surface area contributed by atoms with Crippen molar-refractivity contribution in [2.24, 2.45) is 7.05 Å². The Hall–Kier alpha value is -2.59. The number of halogens is 1. The van der Waals surface area contributed by atoms with Crippen LogP contribution in [0.1, 0.15) is 19.5 Å². The second kappa shape index (κ2) is 7.11. The quantitative estimate of drug-likeness (QED) is 0.662. The first-order valence-electron chi connectivity index (χ1n) is 8.19. The van der Waals surface area contributed by atoms with E-state index >= 15 is 0 Å². The van der Waals surface area contributed by atoms with Crippen LogP contribution in [0.15, 0.2) is 54.6 Å². The molecule has 0 radical (unpaired) electrons. The van der Waals surface area contributed by atoms with Gasteiger partial charge in [-0.05, 0) is 41.8 Å². The van der Waals surface area contributed by atoms with Crippen LogP contribution < -0.4 is 4.90 Å². The second-order valence-electron chi connectivity index (χ2n) is 5.88. The summed E-state index contributed by atoms with van der Waals surface area (Å²) in [5, 5.41) is 5.16. The van der Waals surface area contributed by atoms with Gasteiger partial charge in [-0.1, -0.05) is 42.8 Å². The van der Waals surface area contributed by atoms with E-state index in [9.17, 15) is 4.79 Å². The Bertz CT molecular complexity index is 882. The van der Waals surface area contributed by atoms with Gasteiger partial charge in [-0.15, -0.1) is 0 Å². The third-order valence-electron chi connectivity index (χ3n) is 4.12. The van der Waals surface area contributed by atoms with Gasteiger partial charge in [0.2, 0.25) is 5.91 Å². The molecule has 0 aliphatic rings. The Morgan fingerprint density at radius 1 is 1.08 bits per heavy atom. The Morgan fingerprint density at radius 3 is 2.12 bits per heavy atom. The fourth-order valence-electron chi connectivity index (χ4n) is 2.82. The van der Waals surface area contributed by atoms with Crippen LogP contribution in [0.2, 0.25) is 5.02 Å². The zero-order valence-electron chi connectivity index (χ0n) is 14.5. The fraction of sp³-hybridized carbons (Fsp3) is 0.200. The second-order valence-corrected chi connectivity index (χ2v) is 6.32. The van der Waals surface area contributed by atoms with Crippen LogP contribution >= 0.6 is 11.6 Å². The van der Waals surface area contributed by atoms with Crippen molar-refractivity contribution in [2.75, 3.05) is 4.90 Å². The van der Waals surface area contributed by atoms with Crippen LogP contribution in [0.25, 0.3) is 11.1 Å². The third-order valence-corrected chi connectivity index (χ3v) is 4.37. The van der Waals surface area contributed by atoms with Gasteiger partial charge in [0, 0.05) is 25.1 Å². The minimum absolute atomic E-state index is 0.0510. The van der Waals surface area contributed by atoms with E-state index in [1.165, 1.54) is 0 Å². The minimum Gasteiger partial charge on any atom is -0.274 e. The van der Waals surface area contributed by atoms with Gasteiger partial charge in [-0.3, -0.25) is 14.4 Å². The van der Waals surface area contributed by atoms with Gasteiger partial charge in [0.25, 0.3) is 0 Å². The number of rotatable bonds is 4. The van der Waals surface area contributed by atoms with Gasteiger partial charge in [0.1, 0.15) is 5.82 Å². The van der Waals surface area contributed by atoms with Crippen LogP contribution in [0.5, 0.6) is 0 Å². The van der Waals surface area contributed by atoms with Crippen molar-refractivity contribution < 1.29 is 4.79 Å². The smallest absolute Gasteiger partial charge is 0.229 e. The number of nitrogens with zero attached hydrogens (tertiary/aromatic N) is 3. The summed E-state index contributed by atoms with van der Waals surface area (Å²) in [7, 11) is 1.85. The molecule has 3 aromatic rings. The average molecular weight is 354 g/mol. The predicted molar refractivity (Wildman–Crippen MR) is 102 cm³/mol. The maximum atomic E-state index is 12.3. The molecule has 0 aliphatic carbocycles. The van der Waals surface area contributed by atoms with E-state index < -0.39 is 0 Å². The molecule has 0 saturated carbocycles. The van der Waals surface area contributed by atoms with Gasteiger partial charge in [-0.2, -0.15) is 5.10 Å². The summed E-state index contributed by atoms with van der Waals surface area (Å²) in [6.07, 6.45) is 0.828. The normalized spacial score (nSPS) is 10.7. The Morgan fingerprint density at radius 2 is 1.64 bits per heavy atom. The summed E-state index contributed by atoms with van der Waals surface area (Å²) in [6, 6.07) is 17.6. The molecule has 0 fully saturated rings. The van der Waals surface area contributed by atoms with Gasteiger partial charge in [0.15, 0.2) is 0 Å². The minimum atomic E-state index is -0.0510. The summed E-state index contributed by atoms with van der Waals surface area (Å²) < 4.78 is 1.74. The topological polar surface area (TPSA) is 38.1 Å². The summed E-state index contributed by atoms with van der Waals surface area (Å²) in [4.78, 5) is 13.9. The molecule has 3 rings (SSSR count). The zero-order chi connectivity index (χ0) is 18.0. The number of benzene rings is 2. The molecular weight excluding hydrogens is 334 g/mol. The molecule has 1 heterocycles. The van der Waals surface area contributed by atoms with E-state index in [0.29, 0.717) is 5.02 Å². The number of aromatic nitrogens is 2. The number of aryl methyl sites for hydroxylation is 2. The fourth-order valence-corrected chi connectivity index (χ4v) is 2.94. The van der Waals surface area contributed by atoms with Gasteiger partial charge in [-0.25, -0.2) is 0 Å². The molecule has 1 amide bonds. The third kappa shape index (κ3) is 3.59. The molecule has 0 bridgehead atoms. The largest absolute Gasteiger partial charge is 0.274 e. The Balaban J connectivity index is 1.96. The number of hydrogen-bond acceptors (Lipinski definition) is 2. The van der Waals surface area contributed by atoms with Crippen LogP contribution in [0.3, 0.4) is 0 Å². The van der Waals surface area contributed by atoms with E-state index in [0.717, 1.165) is 34.7 Å². The number of carbonyl (C=O) groups is 1. The lowest BCUT2D eigenvalue weighted by Crippen LogP contribution is -2.24. The predicted octanol–water partition coefficient (Wildman–Crippen LogP) is 4.99. The van der Waals surface area contributed by atoms with E-state index in [-0.39, 0.29) is 5.91 Å². The first-order valence-corrected chi connectivity index (χ1v) is 8.57. The van der Waals surface area contributed by atoms with Crippen molar-refractivity contribution in [3.63, 3.8) is 0 Å². The molecule has 0 saturated heterocycles. The summed E-state index contributed by atoms with van der Waals surface area (Å²) >= 11 is 5.94. The highest BCUT2D eigenvalue weighted by molar-refractivity contribution is 6.30. The standard InChI is InChI=1S/C20H20ClN3O/c1-4-18-13-20(23(3)22-18)24(14(2)25)19-11-7-16(8-12-19)15-5-9-17(21)10-6-15/h5-13H,4H2,1-3H3. The molecular formula is C20H20ClN3O. The Kier molecular flexibility index (Phi) is 4.91. The maximum absolute atomic E-state index is 12.3. The van der Waals surface area contributed by atoms with E-state index in [2.05, 4.69) is 5.10 Å². The molecule has 0 aliphatic heterocycles. The van der Waals surface area contributed by atoms with Crippen LogP contribution in [-0.4, -0.2) is 15.7 Å². The van der Waals surface area contributed by atoms with Crippen molar-refractivity contribution in [1.82, 2.24) is 9.78 Å². The lowest BCUT2D eigenvalue weighted by atomic mass is 10.1. The monoisotopic (exact) mass is 353 g/mol. The first kappa shape index (κ1) is 17.2. The number of anilines is 2.